The Labute approximate surface area is 244 Å². The van der Waals surface area contributed by atoms with Gasteiger partial charge in [0.25, 0.3) is 5.69 Å². The Morgan fingerprint density at radius 3 is 2.14 bits per heavy atom. The Morgan fingerprint density at radius 1 is 0.881 bits per heavy atom. The zero-order valence-corrected chi connectivity index (χ0v) is 22.6. The van der Waals surface area contributed by atoms with Gasteiger partial charge in [-0.3, -0.25) is 29.5 Å². The lowest BCUT2D eigenvalue weighted by Gasteiger charge is -2.36. The fourth-order valence-corrected chi connectivity index (χ4v) is 6.83. The van der Waals surface area contributed by atoms with Crippen molar-refractivity contribution >= 4 is 46.7 Å². The third-order valence-electron chi connectivity index (χ3n) is 8.42. The van der Waals surface area contributed by atoms with Crippen molar-refractivity contribution in [1.82, 2.24) is 5.01 Å². The molecule has 0 aromatic heterocycles. The van der Waals surface area contributed by atoms with Gasteiger partial charge in [-0.1, -0.05) is 72.3 Å². The third-order valence-corrected chi connectivity index (χ3v) is 8.67. The minimum absolute atomic E-state index is 0.151. The first kappa shape index (κ1) is 25.8. The maximum atomic E-state index is 14.7. The van der Waals surface area contributed by atoms with Crippen LogP contribution in [-0.2, 0) is 4.79 Å². The summed E-state index contributed by atoms with van der Waals surface area (Å²) in [5, 5.41) is 21.1. The molecule has 9 nitrogen and oxygen atoms in total. The topological polar surface area (TPSA) is 122 Å². The first-order valence-electron chi connectivity index (χ1n) is 13.2. The first-order chi connectivity index (χ1) is 20.3. The summed E-state index contributed by atoms with van der Waals surface area (Å²) in [6, 6.07) is 24.2. The molecule has 3 aliphatic rings. The summed E-state index contributed by atoms with van der Waals surface area (Å²) in [7, 11) is 0. The molecule has 1 spiro atoms. The summed E-state index contributed by atoms with van der Waals surface area (Å²) in [5.41, 5.74) is 0.968. The lowest BCUT2D eigenvalue weighted by Crippen LogP contribution is -2.44. The molecule has 10 heteroatoms. The van der Waals surface area contributed by atoms with Crippen molar-refractivity contribution in [3.8, 4) is 0 Å². The predicted molar refractivity (Wildman–Crippen MR) is 156 cm³/mol. The van der Waals surface area contributed by atoms with E-state index in [-0.39, 0.29) is 16.8 Å². The molecule has 1 aliphatic carbocycles. The number of ketones is 2. The average molecular weight is 577 g/mol. The molecule has 7 rings (SSSR count). The molecular formula is C32H21ClN4O5. The molecule has 206 valence electrons. The Kier molecular flexibility index (Phi) is 5.81. The number of carbonyl (C=O) groups excluding carboxylic acids is 3. The highest BCUT2D eigenvalue weighted by Crippen LogP contribution is 2.64. The van der Waals surface area contributed by atoms with E-state index in [1.165, 1.54) is 24.3 Å². The smallest absolute Gasteiger partial charge is 0.269 e. The summed E-state index contributed by atoms with van der Waals surface area (Å²) in [4.78, 5) is 54.5. The van der Waals surface area contributed by atoms with Gasteiger partial charge in [0, 0.05) is 39.9 Å². The molecule has 1 N–H and O–H groups in total. The van der Waals surface area contributed by atoms with Crippen LogP contribution in [-0.4, -0.2) is 39.7 Å². The number of carbonyl (C=O) groups is 3. The molecule has 0 unspecified atom stereocenters. The zero-order valence-electron chi connectivity index (χ0n) is 21.8. The number of Topliss-reactive ketones (excluding diaryl/α,β-unsaturated/α-hetero) is 2. The van der Waals surface area contributed by atoms with Gasteiger partial charge in [0.15, 0.2) is 11.6 Å². The van der Waals surface area contributed by atoms with Gasteiger partial charge in [-0.2, -0.15) is 5.10 Å². The van der Waals surface area contributed by atoms with Crippen molar-refractivity contribution in [2.75, 3.05) is 5.32 Å². The van der Waals surface area contributed by atoms with E-state index in [9.17, 15) is 24.5 Å². The molecule has 3 atom stereocenters. The number of benzene rings is 4. The number of non-ortho nitro benzene ring substituents is 1. The molecule has 0 radical (unpaired) electrons. The summed E-state index contributed by atoms with van der Waals surface area (Å²) < 4.78 is 0. The second kappa shape index (κ2) is 9.46. The minimum atomic E-state index is -1.77. The maximum absolute atomic E-state index is 14.7. The van der Waals surface area contributed by atoms with Gasteiger partial charge in [0.1, 0.15) is 11.5 Å². The predicted octanol–water partition coefficient (Wildman–Crippen LogP) is 5.81. The number of hydrogen-bond acceptors (Lipinski definition) is 7. The zero-order chi connectivity index (χ0) is 29.2. The number of halogens is 1. The maximum Gasteiger partial charge on any atom is 0.269 e. The van der Waals surface area contributed by atoms with Crippen LogP contribution in [0.3, 0.4) is 0 Å². The summed E-state index contributed by atoms with van der Waals surface area (Å²) in [6.07, 6.45) is 1.62. The quantitative estimate of drug-likeness (QED) is 0.186. The average Bonchev–Trinajstić information content (AvgIpc) is 3.44. The number of nitro benzene ring substituents is 1. The van der Waals surface area contributed by atoms with Crippen molar-refractivity contribution in [1.29, 1.82) is 0 Å². The Bertz CT molecular complexity index is 1800. The molecular weight excluding hydrogens is 556 g/mol. The number of amides is 1. The number of hydrogen-bond donors (Lipinski definition) is 1. The van der Waals surface area contributed by atoms with E-state index in [4.69, 9.17) is 11.6 Å². The summed E-state index contributed by atoms with van der Waals surface area (Å²) in [6.45, 7) is 0. The summed E-state index contributed by atoms with van der Waals surface area (Å²) in [5.74, 6) is -2.34. The van der Waals surface area contributed by atoms with Gasteiger partial charge in [-0.05, 0) is 41.0 Å². The van der Waals surface area contributed by atoms with Crippen molar-refractivity contribution in [2.24, 2.45) is 10.5 Å². The van der Waals surface area contributed by atoms with Gasteiger partial charge in [-0.25, -0.2) is 0 Å². The number of hydrazone groups is 1. The Balaban J connectivity index is 1.48. The van der Waals surface area contributed by atoms with Crippen LogP contribution < -0.4 is 5.32 Å². The van der Waals surface area contributed by atoms with E-state index >= 15 is 0 Å². The lowest BCUT2D eigenvalue weighted by atomic mass is 9.63. The van der Waals surface area contributed by atoms with Crippen molar-refractivity contribution < 1.29 is 19.3 Å². The van der Waals surface area contributed by atoms with Crippen molar-refractivity contribution in [3.05, 3.63) is 140 Å². The monoisotopic (exact) mass is 576 g/mol. The number of nitro groups is 1. The first-order valence-corrected chi connectivity index (χ1v) is 13.6. The van der Waals surface area contributed by atoms with E-state index in [0.717, 1.165) is 5.56 Å². The Morgan fingerprint density at radius 2 is 1.50 bits per heavy atom. The Hall–Kier alpha value is -5.15. The molecule has 1 fully saturated rings. The molecule has 0 saturated carbocycles. The minimum Gasteiger partial charge on any atom is -0.324 e. The van der Waals surface area contributed by atoms with Crippen LogP contribution in [0, 0.1) is 15.5 Å². The molecule has 4 aromatic rings. The molecule has 0 bridgehead atoms. The number of rotatable bonds is 4. The fourth-order valence-electron chi connectivity index (χ4n) is 6.70. The number of nitrogens with one attached hydrogen (secondary N) is 1. The molecule has 1 saturated heterocycles. The van der Waals surface area contributed by atoms with Crippen molar-refractivity contribution in [2.45, 2.75) is 18.0 Å². The van der Waals surface area contributed by atoms with Gasteiger partial charge in [0.2, 0.25) is 5.91 Å². The van der Waals surface area contributed by atoms with Gasteiger partial charge >= 0.3 is 0 Å². The molecule has 2 heterocycles. The van der Waals surface area contributed by atoms with E-state index < -0.39 is 45.8 Å². The molecule has 1 amide bonds. The highest BCUT2D eigenvalue weighted by atomic mass is 35.5. The lowest BCUT2D eigenvalue weighted by molar-refractivity contribution is -0.384. The van der Waals surface area contributed by atoms with E-state index in [0.29, 0.717) is 21.8 Å². The van der Waals surface area contributed by atoms with Gasteiger partial charge in [0.05, 0.1) is 17.2 Å². The number of fused-ring (bicyclic) bond motifs is 5. The highest BCUT2D eigenvalue weighted by molar-refractivity contribution is 6.31. The molecule has 2 aliphatic heterocycles. The normalized spacial score (nSPS) is 21.2. The van der Waals surface area contributed by atoms with Crippen LogP contribution >= 0.6 is 11.6 Å². The van der Waals surface area contributed by atoms with E-state index in [2.05, 4.69) is 10.4 Å². The van der Waals surface area contributed by atoms with Crippen LogP contribution in [0.15, 0.2) is 102 Å². The second-order valence-electron chi connectivity index (χ2n) is 10.5. The number of anilines is 1. The fraction of sp³-hybridized carbons (Fsp3) is 0.125. The van der Waals surface area contributed by atoms with E-state index in [1.807, 2.05) is 24.3 Å². The third kappa shape index (κ3) is 3.56. The molecule has 4 aromatic carbocycles. The SMILES string of the molecule is O=C(Nc1ccc(Cl)cc1)[C@@H]1[C@@H](c2ccc([N+](=O)[O-])cc2)C2(C(=O)c3ccccc3C2=O)[C@@H]2c3ccccc3C=NN12. The standard InChI is InChI=1S/C32H21ClN4O5/c33-20-11-13-21(14-12-20)35-31(40)27-26(18-9-15-22(16-10-18)37(41)42)32(29(38)24-7-3-4-8-25(24)30(32)39)28-23-6-2-1-5-19(23)17-34-36(27)28/h1-17,26-28H,(H,35,40)/t26-,27+,28+/m1/s1. The van der Waals surface area contributed by atoms with Crippen LogP contribution in [0.1, 0.15) is 49.4 Å². The largest absolute Gasteiger partial charge is 0.324 e. The molecule has 42 heavy (non-hydrogen) atoms. The van der Waals surface area contributed by atoms with Crippen molar-refractivity contribution in [3.63, 3.8) is 0 Å². The van der Waals surface area contributed by atoms with Crippen LogP contribution in [0.25, 0.3) is 0 Å². The van der Waals surface area contributed by atoms with Gasteiger partial charge in [-0.15, -0.1) is 0 Å². The van der Waals surface area contributed by atoms with Gasteiger partial charge < -0.3 is 5.32 Å². The van der Waals surface area contributed by atoms with Crippen LogP contribution in [0.5, 0.6) is 0 Å². The van der Waals surface area contributed by atoms with E-state index in [1.54, 1.807) is 59.8 Å². The number of nitrogens with zero attached hydrogens (tertiary/aromatic N) is 3. The second-order valence-corrected chi connectivity index (χ2v) is 10.9. The summed E-state index contributed by atoms with van der Waals surface area (Å²) >= 11 is 6.05. The highest BCUT2D eigenvalue weighted by Gasteiger charge is 2.72. The van der Waals surface area contributed by atoms with Crippen LogP contribution in [0.4, 0.5) is 11.4 Å². The van der Waals surface area contributed by atoms with Crippen LogP contribution in [0.2, 0.25) is 5.02 Å².